The Balaban J connectivity index is 3.13. The second-order valence-electron chi connectivity index (χ2n) is 5.19. The van der Waals surface area contributed by atoms with Crippen LogP contribution < -0.4 is 4.72 Å². The highest BCUT2D eigenvalue weighted by Gasteiger charge is 2.27. The van der Waals surface area contributed by atoms with E-state index in [2.05, 4.69) is 9.82 Å². The molecule has 0 radical (unpaired) electrons. The Morgan fingerprint density at radius 2 is 1.95 bits per heavy atom. The van der Waals surface area contributed by atoms with Gasteiger partial charge in [0.2, 0.25) is 10.0 Å². The summed E-state index contributed by atoms with van der Waals surface area (Å²) in [7, 11) is -3.86. The van der Waals surface area contributed by atoms with Gasteiger partial charge in [0.25, 0.3) is 0 Å². The molecule has 0 atom stereocenters. The molecule has 0 saturated carbocycles. The third-order valence-electron chi connectivity index (χ3n) is 2.56. The summed E-state index contributed by atoms with van der Waals surface area (Å²) in [6.45, 7) is 5.36. The number of carbonyl (C=O) groups is 1. The van der Waals surface area contributed by atoms with Crippen molar-refractivity contribution in [1.29, 1.82) is 0 Å². The molecule has 0 bridgehead atoms. The zero-order chi connectivity index (χ0) is 15.7. The number of carboxylic acid groups (broad SMARTS) is 1. The van der Waals surface area contributed by atoms with Crippen LogP contribution in [-0.2, 0) is 21.4 Å². The fourth-order valence-electron chi connectivity index (χ4n) is 1.70. The fourth-order valence-corrected chi connectivity index (χ4v) is 3.31. The summed E-state index contributed by atoms with van der Waals surface area (Å²) in [6, 6.07) is 0. The Kier molecular flexibility index (Phi) is 4.57. The third kappa shape index (κ3) is 4.02. The molecule has 0 saturated heterocycles. The van der Waals surface area contributed by atoms with Crippen LogP contribution in [0.2, 0.25) is 0 Å². The molecule has 9 heteroatoms. The summed E-state index contributed by atoms with van der Waals surface area (Å²) in [6.07, 6.45) is 0. The molecule has 1 aromatic rings. The molecule has 114 valence electrons. The molecule has 8 nitrogen and oxygen atoms in total. The lowest BCUT2D eigenvalue weighted by atomic mass is 10.1. The van der Waals surface area contributed by atoms with Gasteiger partial charge in [0.05, 0.1) is 17.0 Å². The van der Waals surface area contributed by atoms with Crippen LogP contribution in [0.5, 0.6) is 0 Å². The van der Waals surface area contributed by atoms with Crippen molar-refractivity contribution >= 4 is 16.0 Å². The van der Waals surface area contributed by atoms with Crippen LogP contribution in [-0.4, -0.2) is 46.5 Å². The van der Waals surface area contributed by atoms with Gasteiger partial charge in [-0.25, -0.2) is 13.1 Å². The Bertz CT molecular complexity index is 613. The van der Waals surface area contributed by atoms with Crippen LogP contribution in [0.25, 0.3) is 0 Å². The number of hydrogen-bond acceptors (Lipinski definition) is 5. The maximum absolute atomic E-state index is 12.2. The van der Waals surface area contributed by atoms with Gasteiger partial charge < -0.3 is 10.2 Å². The van der Waals surface area contributed by atoms with Crippen molar-refractivity contribution < 1.29 is 23.4 Å². The van der Waals surface area contributed by atoms with Gasteiger partial charge >= 0.3 is 5.97 Å². The number of carboxylic acids is 1. The summed E-state index contributed by atoms with van der Waals surface area (Å²) in [5.74, 6) is -1.11. The van der Waals surface area contributed by atoms with E-state index in [1.807, 2.05) is 0 Å². The summed E-state index contributed by atoms with van der Waals surface area (Å²) < 4.78 is 27.8. The van der Waals surface area contributed by atoms with E-state index < -0.39 is 28.1 Å². The summed E-state index contributed by atoms with van der Waals surface area (Å²) in [5.41, 5.74) is -0.730. The van der Waals surface area contributed by atoms with Gasteiger partial charge in [-0.15, -0.1) is 0 Å². The second-order valence-corrected chi connectivity index (χ2v) is 6.89. The first-order valence-corrected chi connectivity index (χ1v) is 7.40. The number of hydrogen-bond donors (Lipinski definition) is 3. The molecule has 3 N–H and O–H groups in total. The lowest BCUT2D eigenvalue weighted by molar-refractivity contribution is -0.137. The zero-order valence-corrected chi connectivity index (χ0v) is 12.7. The quantitative estimate of drug-likeness (QED) is 0.659. The van der Waals surface area contributed by atoms with Crippen molar-refractivity contribution in [3.05, 3.63) is 11.4 Å². The molecule has 1 heterocycles. The molecule has 0 aliphatic heterocycles. The van der Waals surface area contributed by atoms with Crippen molar-refractivity contribution in [2.75, 3.05) is 6.54 Å². The Morgan fingerprint density at radius 3 is 2.40 bits per heavy atom. The van der Waals surface area contributed by atoms with E-state index in [0.29, 0.717) is 0 Å². The predicted octanol–water partition coefficient (Wildman–Crippen LogP) is -0.366. The molecule has 1 rings (SSSR count). The number of nitrogens with one attached hydrogen (secondary N) is 1. The molecule has 20 heavy (non-hydrogen) atoms. The number of aryl methyl sites for hydroxylation is 1. The topological polar surface area (TPSA) is 122 Å². The maximum Gasteiger partial charge on any atom is 0.325 e. The van der Waals surface area contributed by atoms with Crippen LogP contribution in [0.3, 0.4) is 0 Å². The van der Waals surface area contributed by atoms with Crippen LogP contribution in [0.1, 0.15) is 25.2 Å². The first-order chi connectivity index (χ1) is 8.94. The number of aliphatic hydroxyl groups is 1. The van der Waals surface area contributed by atoms with Gasteiger partial charge in [0.1, 0.15) is 11.4 Å². The van der Waals surface area contributed by atoms with E-state index in [0.717, 1.165) is 4.68 Å². The minimum atomic E-state index is -3.86. The highest BCUT2D eigenvalue weighted by molar-refractivity contribution is 7.89. The molecular formula is C11H19N3O5S. The van der Waals surface area contributed by atoms with E-state index in [9.17, 15) is 18.3 Å². The number of aliphatic carboxylic acids is 1. The van der Waals surface area contributed by atoms with Crippen LogP contribution >= 0.6 is 0 Å². The average Bonchev–Trinajstić information content (AvgIpc) is 2.50. The molecule has 0 spiro atoms. The number of rotatable bonds is 6. The predicted molar refractivity (Wildman–Crippen MR) is 70.8 cm³/mol. The molecule has 0 aromatic carbocycles. The van der Waals surface area contributed by atoms with Crippen LogP contribution in [0, 0.1) is 13.8 Å². The highest BCUT2D eigenvalue weighted by atomic mass is 32.2. The standard InChI is InChI=1S/C11H19N3O5S/c1-7-10(8(2)14(13-7)5-9(15)16)20(18,19)12-6-11(3,4)17/h12,17H,5-6H2,1-4H3,(H,15,16). The molecular weight excluding hydrogens is 286 g/mol. The SMILES string of the molecule is Cc1nn(CC(=O)O)c(C)c1S(=O)(=O)NCC(C)(C)O. The lowest BCUT2D eigenvalue weighted by Gasteiger charge is -2.17. The summed E-state index contributed by atoms with van der Waals surface area (Å²) >= 11 is 0. The van der Waals surface area contributed by atoms with Gasteiger partial charge in [0.15, 0.2) is 0 Å². The van der Waals surface area contributed by atoms with E-state index in [-0.39, 0.29) is 22.8 Å². The third-order valence-corrected chi connectivity index (χ3v) is 4.22. The molecule has 0 fully saturated rings. The molecule has 0 aliphatic rings. The van der Waals surface area contributed by atoms with Crippen molar-refractivity contribution in [3.8, 4) is 0 Å². The van der Waals surface area contributed by atoms with Gasteiger partial charge in [0, 0.05) is 6.54 Å². The highest BCUT2D eigenvalue weighted by Crippen LogP contribution is 2.19. The first-order valence-electron chi connectivity index (χ1n) is 5.92. The van der Waals surface area contributed by atoms with Crippen molar-refractivity contribution in [2.24, 2.45) is 0 Å². The van der Waals surface area contributed by atoms with Crippen LogP contribution in [0.4, 0.5) is 0 Å². The Hall–Kier alpha value is -1.45. The molecule has 0 amide bonds. The van der Waals surface area contributed by atoms with Gasteiger partial charge in [-0.05, 0) is 27.7 Å². The smallest absolute Gasteiger partial charge is 0.325 e. The lowest BCUT2D eigenvalue weighted by Crippen LogP contribution is -2.38. The largest absolute Gasteiger partial charge is 0.480 e. The maximum atomic E-state index is 12.2. The van der Waals surface area contributed by atoms with Crippen molar-refractivity contribution in [1.82, 2.24) is 14.5 Å². The Morgan fingerprint density at radius 1 is 1.40 bits per heavy atom. The zero-order valence-electron chi connectivity index (χ0n) is 11.8. The number of nitrogens with zero attached hydrogens (tertiary/aromatic N) is 2. The number of sulfonamides is 1. The first kappa shape index (κ1) is 16.6. The van der Waals surface area contributed by atoms with E-state index in [4.69, 9.17) is 5.11 Å². The number of aromatic nitrogens is 2. The molecule has 1 aromatic heterocycles. The van der Waals surface area contributed by atoms with Crippen molar-refractivity contribution in [2.45, 2.75) is 44.7 Å². The molecule has 0 unspecified atom stereocenters. The van der Waals surface area contributed by atoms with E-state index >= 15 is 0 Å². The minimum absolute atomic E-state index is 0.0528. The molecule has 0 aliphatic carbocycles. The minimum Gasteiger partial charge on any atom is -0.480 e. The average molecular weight is 305 g/mol. The van der Waals surface area contributed by atoms with Gasteiger partial charge in [-0.2, -0.15) is 5.10 Å². The normalized spacial score (nSPS) is 12.7. The summed E-state index contributed by atoms with van der Waals surface area (Å²) in [4.78, 5) is 10.6. The Labute approximate surface area is 117 Å². The summed E-state index contributed by atoms with van der Waals surface area (Å²) in [5, 5.41) is 22.2. The van der Waals surface area contributed by atoms with Crippen molar-refractivity contribution in [3.63, 3.8) is 0 Å². The van der Waals surface area contributed by atoms with Gasteiger partial charge in [-0.1, -0.05) is 0 Å². The van der Waals surface area contributed by atoms with Crippen LogP contribution in [0.15, 0.2) is 4.90 Å². The van der Waals surface area contributed by atoms with E-state index in [1.165, 1.54) is 27.7 Å². The van der Waals surface area contributed by atoms with Gasteiger partial charge in [-0.3, -0.25) is 9.48 Å². The fraction of sp³-hybridized carbons (Fsp3) is 0.636. The second kappa shape index (κ2) is 5.51. The van der Waals surface area contributed by atoms with E-state index in [1.54, 1.807) is 0 Å². The monoisotopic (exact) mass is 305 g/mol.